The number of amides is 1. The molecule has 4 heteroatoms. The molecular formula is C15H23N3O. The van der Waals surface area contributed by atoms with Crippen molar-refractivity contribution in [1.29, 1.82) is 0 Å². The van der Waals surface area contributed by atoms with Crippen molar-refractivity contribution < 1.29 is 4.79 Å². The van der Waals surface area contributed by atoms with Crippen LogP contribution in [0, 0.1) is 12.3 Å². The summed E-state index contributed by atoms with van der Waals surface area (Å²) in [6.45, 7) is 2.33. The Hall–Kier alpha value is -1.42. The Kier molecular flexibility index (Phi) is 4.53. The van der Waals surface area contributed by atoms with E-state index in [-0.39, 0.29) is 5.91 Å². The molecule has 2 rings (SSSR count). The van der Waals surface area contributed by atoms with E-state index in [0.717, 1.165) is 37.1 Å². The highest BCUT2D eigenvalue weighted by Crippen LogP contribution is 2.35. The molecule has 1 amide bonds. The molecule has 4 nitrogen and oxygen atoms in total. The van der Waals surface area contributed by atoms with Gasteiger partial charge in [-0.1, -0.05) is 25.7 Å². The van der Waals surface area contributed by atoms with Crippen LogP contribution in [0.15, 0.2) is 18.3 Å². The van der Waals surface area contributed by atoms with Gasteiger partial charge < -0.3 is 11.1 Å². The summed E-state index contributed by atoms with van der Waals surface area (Å²) in [6.07, 6.45) is 8.13. The lowest BCUT2D eigenvalue weighted by Crippen LogP contribution is -2.42. The Bertz CT molecular complexity index is 437. The highest BCUT2D eigenvalue weighted by atomic mass is 16.2. The fourth-order valence-corrected chi connectivity index (χ4v) is 2.80. The minimum atomic E-state index is -0.390. The third-order valence-corrected chi connectivity index (χ3v) is 4.19. The van der Waals surface area contributed by atoms with Crippen molar-refractivity contribution >= 4 is 11.6 Å². The molecule has 104 valence electrons. The molecule has 1 heterocycles. The predicted octanol–water partition coefficient (Wildman–Crippen LogP) is 2.63. The van der Waals surface area contributed by atoms with Crippen LogP contribution >= 0.6 is 0 Å². The number of anilines is 1. The molecule has 0 unspecified atom stereocenters. The lowest BCUT2D eigenvalue weighted by molar-refractivity contribution is -0.125. The average molecular weight is 261 g/mol. The van der Waals surface area contributed by atoms with E-state index >= 15 is 0 Å². The second kappa shape index (κ2) is 6.15. The van der Waals surface area contributed by atoms with Crippen molar-refractivity contribution in [3.63, 3.8) is 0 Å². The molecule has 1 fully saturated rings. The van der Waals surface area contributed by atoms with Gasteiger partial charge >= 0.3 is 0 Å². The van der Waals surface area contributed by atoms with Gasteiger partial charge in [-0.15, -0.1) is 0 Å². The van der Waals surface area contributed by atoms with Crippen LogP contribution < -0.4 is 11.1 Å². The molecule has 0 spiro atoms. The number of hydrogen-bond acceptors (Lipinski definition) is 3. The van der Waals surface area contributed by atoms with Gasteiger partial charge in [0.25, 0.3) is 0 Å². The van der Waals surface area contributed by atoms with Crippen LogP contribution in [0.5, 0.6) is 0 Å². The zero-order chi connectivity index (χ0) is 13.7. The lowest BCUT2D eigenvalue weighted by Gasteiger charge is -2.30. The molecule has 0 aromatic carbocycles. The number of pyridine rings is 1. The molecule has 0 radical (unpaired) electrons. The van der Waals surface area contributed by atoms with Gasteiger partial charge in [0.2, 0.25) is 5.91 Å². The second-order valence-corrected chi connectivity index (χ2v) is 5.49. The number of aryl methyl sites for hydroxylation is 1. The highest BCUT2D eigenvalue weighted by molar-refractivity contribution is 5.95. The van der Waals surface area contributed by atoms with E-state index in [1.165, 1.54) is 12.8 Å². The lowest BCUT2D eigenvalue weighted by atomic mass is 9.79. The zero-order valence-corrected chi connectivity index (χ0v) is 11.6. The topological polar surface area (TPSA) is 68.0 Å². The number of nitrogens with one attached hydrogen (secondary N) is 1. The van der Waals surface area contributed by atoms with Crippen molar-refractivity contribution in [2.24, 2.45) is 11.1 Å². The van der Waals surface area contributed by atoms with Crippen molar-refractivity contribution in [2.75, 3.05) is 11.9 Å². The summed E-state index contributed by atoms with van der Waals surface area (Å²) in [5, 5.41) is 3.02. The second-order valence-electron chi connectivity index (χ2n) is 5.49. The third kappa shape index (κ3) is 3.13. The van der Waals surface area contributed by atoms with Crippen LogP contribution in [0.4, 0.5) is 5.69 Å². The normalized spacial score (nSPS) is 18.6. The maximum absolute atomic E-state index is 12.6. The van der Waals surface area contributed by atoms with Gasteiger partial charge in [-0.25, -0.2) is 0 Å². The summed E-state index contributed by atoms with van der Waals surface area (Å²) in [4.78, 5) is 16.8. The molecule has 1 aliphatic carbocycles. The van der Waals surface area contributed by atoms with Crippen molar-refractivity contribution in [3.8, 4) is 0 Å². The first-order chi connectivity index (χ1) is 9.18. The molecule has 0 saturated heterocycles. The molecule has 1 saturated carbocycles. The molecule has 19 heavy (non-hydrogen) atoms. The van der Waals surface area contributed by atoms with Crippen LogP contribution in [0.2, 0.25) is 0 Å². The Morgan fingerprint density at radius 3 is 2.63 bits per heavy atom. The van der Waals surface area contributed by atoms with Gasteiger partial charge in [0.05, 0.1) is 16.8 Å². The first-order valence-electron chi connectivity index (χ1n) is 7.11. The maximum atomic E-state index is 12.6. The Morgan fingerprint density at radius 1 is 1.37 bits per heavy atom. The third-order valence-electron chi connectivity index (χ3n) is 4.19. The zero-order valence-electron chi connectivity index (χ0n) is 11.6. The van der Waals surface area contributed by atoms with E-state index in [2.05, 4.69) is 10.3 Å². The molecular weight excluding hydrogens is 238 g/mol. The Balaban J connectivity index is 2.14. The number of hydrogen-bond donors (Lipinski definition) is 2. The maximum Gasteiger partial charge on any atom is 0.231 e. The standard InChI is InChI=1S/C15H23N3O/c1-12-13(7-6-10-17-12)18-14(19)15(11-16)8-4-2-3-5-9-15/h6-7,10H,2-5,8-9,11,16H2,1H3,(H,18,19). The van der Waals surface area contributed by atoms with Gasteiger partial charge in [-0.2, -0.15) is 0 Å². The van der Waals surface area contributed by atoms with Crippen molar-refractivity contribution in [1.82, 2.24) is 4.98 Å². The minimum absolute atomic E-state index is 0.0630. The minimum Gasteiger partial charge on any atom is -0.329 e. The quantitative estimate of drug-likeness (QED) is 0.822. The number of nitrogens with two attached hydrogens (primary N) is 1. The van der Waals surface area contributed by atoms with E-state index in [1.54, 1.807) is 6.20 Å². The molecule has 1 aromatic heterocycles. The van der Waals surface area contributed by atoms with E-state index in [0.29, 0.717) is 6.54 Å². The SMILES string of the molecule is Cc1ncccc1NC(=O)C1(CN)CCCCCC1. The first-order valence-corrected chi connectivity index (χ1v) is 7.11. The van der Waals surface area contributed by atoms with Gasteiger partial charge in [0.15, 0.2) is 0 Å². The van der Waals surface area contributed by atoms with Gasteiger partial charge in [0, 0.05) is 12.7 Å². The summed E-state index contributed by atoms with van der Waals surface area (Å²) in [5.74, 6) is 0.0630. The molecule has 1 aromatic rings. The number of nitrogens with zero attached hydrogens (tertiary/aromatic N) is 1. The number of aromatic nitrogens is 1. The average Bonchev–Trinajstić information content (AvgIpc) is 2.67. The van der Waals surface area contributed by atoms with Crippen molar-refractivity contribution in [3.05, 3.63) is 24.0 Å². The van der Waals surface area contributed by atoms with Crippen LogP contribution in [0.3, 0.4) is 0 Å². The van der Waals surface area contributed by atoms with Crippen LogP contribution in [0.1, 0.15) is 44.2 Å². The number of carbonyl (C=O) groups excluding carboxylic acids is 1. The summed E-state index contributed by atoms with van der Waals surface area (Å²) >= 11 is 0. The molecule has 0 bridgehead atoms. The highest BCUT2D eigenvalue weighted by Gasteiger charge is 2.37. The van der Waals surface area contributed by atoms with Gasteiger partial charge in [0.1, 0.15) is 0 Å². The van der Waals surface area contributed by atoms with E-state index < -0.39 is 5.41 Å². The number of rotatable bonds is 3. The number of carbonyl (C=O) groups is 1. The monoisotopic (exact) mass is 261 g/mol. The fraction of sp³-hybridized carbons (Fsp3) is 0.600. The van der Waals surface area contributed by atoms with Crippen LogP contribution in [-0.4, -0.2) is 17.4 Å². The van der Waals surface area contributed by atoms with Gasteiger partial charge in [-0.3, -0.25) is 9.78 Å². The molecule has 0 atom stereocenters. The summed E-state index contributed by atoms with van der Waals surface area (Å²) in [6, 6.07) is 3.73. The fourth-order valence-electron chi connectivity index (χ4n) is 2.80. The van der Waals surface area contributed by atoms with Crippen LogP contribution in [0.25, 0.3) is 0 Å². The van der Waals surface area contributed by atoms with Gasteiger partial charge in [-0.05, 0) is 31.9 Å². The summed E-state index contributed by atoms with van der Waals surface area (Å²) in [5.41, 5.74) is 7.17. The molecule has 1 aliphatic rings. The van der Waals surface area contributed by atoms with E-state index in [4.69, 9.17) is 5.73 Å². The predicted molar refractivity (Wildman–Crippen MR) is 76.8 cm³/mol. The van der Waals surface area contributed by atoms with E-state index in [1.807, 2.05) is 19.1 Å². The largest absolute Gasteiger partial charge is 0.329 e. The summed E-state index contributed by atoms with van der Waals surface area (Å²) in [7, 11) is 0. The molecule has 0 aliphatic heterocycles. The summed E-state index contributed by atoms with van der Waals surface area (Å²) < 4.78 is 0. The Labute approximate surface area is 114 Å². The first kappa shape index (κ1) is 14.0. The smallest absolute Gasteiger partial charge is 0.231 e. The Morgan fingerprint density at radius 2 is 2.05 bits per heavy atom. The van der Waals surface area contributed by atoms with Crippen LogP contribution in [-0.2, 0) is 4.79 Å². The van der Waals surface area contributed by atoms with Crippen molar-refractivity contribution in [2.45, 2.75) is 45.4 Å². The molecule has 3 N–H and O–H groups in total. The van der Waals surface area contributed by atoms with E-state index in [9.17, 15) is 4.79 Å².